The van der Waals surface area contributed by atoms with E-state index in [1.54, 1.807) is 11.1 Å². The van der Waals surface area contributed by atoms with Gasteiger partial charge in [0.15, 0.2) is 0 Å². The molecule has 4 amide bonds. The standard InChI is InChI=1S/C31H29N5O3/c32-28(37)15-16-31(27-9-5-2-6-10-27)29(38)35(30(39)36(31)21-22-7-3-1-4-8-22)20-24-12-14-25-13-11-23(19-34-33)17-26(25)18-24/h1-14,17-19H,15-16,20-21,33H2,(H2,32,37). The number of fused-ring (bicyclic) bond motifs is 1. The van der Waals surface area contributed by atoms with E-state index < -0.39 is 17.5 Å². The van der Waals surface area contributed by atoms with Crippen molar-refractivity contribution in [1.29, 1.82) is 0 Å². The van der Waals surface area contributed by atoms with Crippen molar-refractivity contribution in [3.63, 3.8) is 0 Å². The van der Waals surface area contributed by atoms with E-state index in [0.29, 0.717) is 5.56 Å². The van der Waals surface area contributed by atoms with Crippen LogP contribution < -0.4 is 11.6 Å². The zero-order valence-electron chi connectivity index (χ0n) is 21.4. The molecule has 1 unspecified atom stereocenters. The fourth-order valence-electron chi connectivity index (χ4n) is 5.29. The van der Waals surface area contributed by atoms with Crippen molar-refractivity contribution >= 4 is 34.8 Å². The van der Waals surface area contributed by atoms with E-state index >= 15 is 0 Å². The first-order chi connectivity index (χ1) is 18.9. The predicted molar refractivity (Wildman–Crippen MR) is 150 cm³/mol. The van der Waals surface area contributed by atoms with Crippen LogP contribution in [-0.4, -0.2) is 33.9 Å². The molecule has 0 radical (unpaired) electrons. The van der Waals surface area contributed by atoms with Gasteiger partial charge in [-0.1, -0.05) is 84.9 Å². The highest BCUT2D eigenvalue weighted by atomic mass is 16.2. The molecular formula is C31H29N5O3. The van der Waals surface area contributed by atoms with Gasteiger partial charge < -0.3 is 16.5 Å². The second-order valence-corrected chi connectivity index (χ2v) is 9.66. The second kappa shape index (κ2) is 10.8. The van der Waals surface area contributed by atoms with Gasteiger partial charge in [-0.05, 0) is 51.6 Å². The Morgan fingerprint density at radius 1 is 0.821 bits per heavy atom. The third kappa shape index (κ3) is 4.96. The van der Waals surface area contributed by atoms with Gasteiger partial charge in [0.2, 0.25) is 5.91 Å². The topological polar surface area (TPSA) is 122 Å². The Morgan fingerprint density at radius 2 is 1.51 bits per heavy atom. The monoisotopic (exact) mass is 519 g/mol. The van der Waals surface area contributed by atoms with E-state index in [4.69, 9.17) is 11.6 Å². The van der Waals surface area contributed by atoms with Crippen LogP contribution in [0.2, 0.25) is 0 Å². The van der Waals surface area contributed by atoms with Gasteiger partial charge in [0.1, 0.15) is 5.54 Å². The lowest BCUT2D eigenvalue weighted by atomic mass is 9.83. The molecule has 39 heavy (non-hydrogen) atoms. The third-order valence-corrected chi connectivity index (χ3v) is 7.18. The summed E-state index contributed by atoms with van der Waals surface area (Å²) in [6.07, 6.45) is 1.60. The van der Waals surface area contributed by atoms with Crippen LogP contribution in [0.4, 0.5) is 4.79 Å². The van der Waals surface area contributed by atoms with E-state index in [1.165, 1.54) is 4.90 Å². The zero-order valence-corrected chi connectivity index (χ0v) is 21.4. The third-order valence-electron chi connectivity index (χ3n) is 7.18. The number of hydrogen-bond donors (Lipinski definition) is 2. The molecule has 1 heterocycles. The summed E-state index contributed by atoms with van der Waals surface area (Å²) in [5.74, 6) is 4.41. The van der Waals surface area contributed by atoms with E-state index in [1.807, 2.05) is 97.1 Å². The van der Waals surface area contributed by atoms with Crippen LogP contribution in [0.15, 0.2) is 102 Å². The lowest BCUT2D eigenvalue weighted by molar-refractivity contribution is -0.135. The van der Waals surface area contributed by atoms with Crippen LogP contribution >= 0.6 is 0 Å². The molecule has 0 saturated carbocycles. The number of nitrogens with two attached hydrogens (primary N) is 2. The van der Waals surface area contributed by atoms with E-state index in [9.17, 15) is 14.4 Å². The maximum atomic E-state index is 14.3. The van der Waals surface area contributed by atoms with Crippen molar-refractivity contribution in [3.05, 3.63) is 119 Å². The molecule has 0 aromatic heterocycles. The minimum atomic E-state index is -1.37. The number of nitrogens with zero attached hydrogens (tertiary/aromatic N) is 3. The first-order valence-electron chi connectivity index (χ1n) is 12.7. The highest BCUT2D eigenvalue weighted by Gasteiger charge is 2.57. The number of amides is 4. The number of primary amides is 1. The molecule has 0 aliphatic carbocycles. The Bertz CT molecular complexity index is 1550. The summed E-state index contributed by atoms with van der Waals surface area (Å²) in [5.41, 5.74) is 7.34. The van der Waals surface area contributed by atoms with E-state index in [-0.39, 0.29) is 31.8 Å². The Morgan fingerprint density at radius 3 is 2.21 bits per heavy atom. The summed E-state index contributed by atoms with van der Waals surface area (Å²) in [4.78, 5) is 43.2. The van der Waals surface area contributed by atoms with Gasteiger partial charge in [-0.25, -0.2) is 4.79 Å². The largest absolute Gasteiger partial charge is 0.370 e. The molecule has 1 fully saturated rings. The van der Waals surface area contributed by atoms with Crippen molar-refractivity contribution in [2.75, 3.05) is 0 Å². The minimum absolute atomic E-state index is 0.0471. The lowest BCUT2D eigenvalue weighted by Crippen LogP contribution is -2.47. The number of hydrogen-bond acceptors (Lipinski definition) is 5. The smallest absolute Gasteiger partial charge is 0.328 e. The molecule has 8 nitrogen and oxygen atoms in total. The second-order valence-electron chi connectivity index (χ2n) is 9.66. The Labute approximate surface area is 226 Å². The van der Waals surface area contributed by atoms with Crippen molar-refractivity contribution in [1.82, 2.24) is 9.80 Å². The molecule has 0 bridgehead atoms. The number of carbonyl (C=O) groups is 3. The van der Waals surface area contributed by atoms with Gasteiger partial charge >= 0.3 is 6.03 Å². The van der Waals surface area contributed by atoms with Crippen molar-refractivity contribution < 1.29 is 14.4 Å². The highest BCUT2D eigenvalue weighted by molar-refractivity contribution is 6.07. The molecule has 1 saturated heterocycles. The maximum Gasteiger partial charge on any atom is 0.328 e. The van der Waals surface area contributed by atoms with Gasteiger partial charge in [-0.2, -0.15) is 5.10 Å². The Kier molecular flexibility index (Phi) is 7.10. The van der Waals surface area contributed by atoms with Gasteiger partial charge in [-0.3, -0.25) is 14.5 Å². The zero-order chi connectivity index (χ0) is 27.4. The number of urea groups is 1. The Balaban J connectivity index is 1.58. The molecule has 1 atom stereocenters. The summed E-state index contributed by atoms with van der Waals surface area (Å²) in [6, 6.07) is 29.9. The molecule has 196 valence electrons. The molecule has 4 aromatic carbocycles. The summed E-state index contributed by atoms with van der Waals surface area (Å²) < 4.78 is 0. The first-order valence-corrected chi connectivity index (χ1v) is 12.7. The van der Waals surface area contributed by atoms with E-state index in [2.05, 4.69) is 5.10 Å². The summed E-state index contributed by atoms with van der Waals surface area (Å²) >= 11 is 0. The number of benzene rings is 4. The highest BCUT2D eigenvalue weighted by Crippen LogP contribution is 2.43. The molecule has 0 spiro atoms. The van der Waals surface area contributed by atoms with Gasteiger partial charge in [0.25, 0.3) is 5.91 Å². The van der Waals surface area contributed by atoms with Crippen LogP contribution in [0.1, 0.15) is 35.1 Å². The van der Waals surface area contributed by atoms with Crippen LogP contribution in [0.25, 0.3) is 10.8 Å². The van der Waals surface area contributed by atoms with E-state index in [0.717, 1.165) is 27.5 Å². The average molecular weight is 520 g/mol. The molecule has 1 aliphatic rings. The summed E-state index contributed by atoms with van der Waals surface area (Å²) in [6.45, 7) is 0.286. The quantitative estimate of drug-likeness (QED) is 0.148. The fraction of sp³-hybridized carbons (Fsp3) is 0.161. The van der Waals surface area contributed by atoms with Crippen molar-refractivity contribution in [2.24, 2.45) is 16.7 Å². The number of rotatable bonds is 9. The molecule has 4 N–H and O–H groups in total. The average Bonchev–Trinajstić information content (AvgIpc) is 3.14. The number of hydrazone groups is 1. The lowest BCUT2D eigenvalue weighted by Gasteiger charge is -2.35. The van der Waals surface area contributed by atoms with Gasteiger partial charge in [-0.15, -0.1) is 0 Å². The summed E-state index contributed by atoms with van der Waals surface area (Å²) in [7, 11) is 0. The molecular weight excluding hydrogens is 490 g/mol. The first kappa shape index (κ1) is 25.7. The maximum absolute atomic E-state index is 14.3. The number of imide groups is 1. The summed E-state index contributed by atoms with van der Waals surface area (Å²) in [5, 5.41) is 5.54. The Hall–Kier alpha value is -4.98. The molecule has 8 heteroatoms. The predicted octanol–water partition coefficient (Wildman–Crippen LogP) is 4.26. The van der Waals surface area contributed by atoms with Crippen molar-refractivity contribution in [3.8, 4) is 0 Å². The fourth-order valence-corrected chi connectivity index (χ4v) is 5.29. The molecule has 5 rings (SSSR count). The van der Waals surface area contributed by atoms with Crippen LogP contribution in [0.3, 0.4) is 0 Å². The normalized spacial score (nSPS) is 17.4. The minimum Gasteiger partial charge on any atom is -0.370 e. The molecule has 1 aliphatic heterocycles. The SMILES string of the molecule is NN=Cc1ccc2ccc(CN3C(=O)N(Cc4ccccc4)C(CCC(N)=O)(c4ccccc4)C3=O)cc2c1. The van der Waals surface area contributed by atoms with Crippen molar-refractivity contribution in [2.45, 2.75) is 31.5 Å². The van der Waals surface area contributed by atoms with Gasteiger partial charge in [0, 0.05) is 13.0 Å². The van der Waals surface area contributed by atoms with Crippen LogP contribution in [-0.2, 0) is 28.2 Å². The molecule has 4 aromatic rings. The van der Waals surface area contributed by atoms with Crippen LogP contribution in [0, 0.1) is 0 Å². The number of carbonyl (C=O) groups excluding carboxylic acids is 3. The van der Waals surface area contributed by atoms with Crippen LogP contribution in [0.5, 0.6) is 0 Å². The van der Waals surface area contributed by atoms with Gasteiger partial charge in [0.05, 0.1) is 12.8 Å².